The van der Waals surface area contributed by atoms with Gasteiger partial charge < -0.3 is 9.47 Å². The molecule has 0 spiro atoms. The molecule has 0 aliphatic carbocycles. The van der Waals surface area contributed by atoms with Crippen molar-refractivity contribution in [1.29, 1.82) is 0 Å². The number of ether oxygens (including phenoxy) is 2. The van der Waals surface area contributed by atoms with Crippen LogP contribution >= 0.6 is 27.7 Å². The van der Waals surface area contributed by atoms with Crippen molar-refractivity contribution in [3.8, 4) is 11.5 Å². The van der Waals surface area contributed by atoms with Gasteiger partial charge >= 0.3 is 0 Å². The first-order chi connectivity index (χ1) is 17.6. The van der Waals surface area contributed by atoms with Gasteiger partial charge in [-0.1, -0.05) is 34.1 Å². The van der Waals surface area contributed by atoms with Crippen LogP contribution in [0, 0.1) is 0 Å². The summed E-state index contributed by atoms with van der Waals surface area (Å²) < 4.78 is 12.3. The molecule has 4 rings (SSSR count). The van der Waals surface area contributed by atoms with Crippen LogP contribution in [0.3, 0.4) is 0 Å². The Bertz CT molecular complexity index is 1310. The minimum absolute atomic E-state index is 0.286. The number of nitrogens with zero attached hydrogens (tertiary/aromatic N) is 2. The van der Waals surface area contributed by atoms with E-state index in [1.165, 1.54) is 0 Å². The van der Waals surface area contributed by atoms with Gasteiger partial charge in [-0.2, -0.15) is 5.10 Å². The Labute approximate surface area is 222 Å². The van der Waals surface area contributed by atoms with Crippen molar-refractivity contribution in [1.82, 2.24) is 10.4 Å². The molecule has 0 atom stereocenters. The highest BCUT2D eigenvalue weighted by Gasteiger charge is 2.07. The number of hydrogen-bond donors (Lipinski definition) is 1. The number of carbonyl (C=O) groups is 1. The molecule has 0 bridgehead atoms. The van der Waals surface area contributed by atoms with Crippen molar-refractivity contribution >= 4 is 39.8 Å². The van der Waals surface area contributed by atoms with E-state index in [-0.39, 0.29) is 5.91 Å². The summed E-state index contributed by atoms with van der Waals surface area (Å²) in [5, 5.41) is 5.07. The maximum absolute atomic E-state index is 12.5. The second kappa shape index (κ2) is 12.9. The first kappa shape index (κ1) is 25.5. The Morgan fingerprint density at radius 3 is 2.58 bits per heavy atom. The molecule has 36 heavy (non-hydrogen) atoms. The summed E-state index contributed by atoms with van der Waals surface area (Å²) >= 11 is 5.03. The lowest BCUT2D eigenvalue weighted by atomic mass is 10.1. The van der Waals surface area contributed by atoms with Gasteiger partial charge in [-0.05, 0) is 77.9 Å². The largest absolute Gasteiger partial charge is 0.496 e. The number of aromatic nitrogens is 1. The molecular formula is C28H24BrN3O3S. The van der Waals surface area contributed by atoms with Crippen LogP contribution in [0.25, 0.3) is 0 Å². The van der Waals surface area contributed by atoms with E-state index in [9.17, 15) is 4.79 Å². The molecule has 4 aromatic rings. The number of rotatable bonds is 10. The van der Waals surface area contributed by atoms with Crippen LogP contribution in [0.5, 0.6) is 11.5 Å². The lowest BCUT2D eigenvalue weighted by Gasteiger charge is -2.09. The van der Waals surface area contributed by atoms with Crippen LogP contribution < -0.4 is 14.9 Å². The monoisotopic (exact) mass is 561 g/mol. The normalized spacial score (nSPS) is 10.8. The zero-order valence-electron chi connectivity index (χ0n) is 19.6. The van der Waals surface area contributed by atoms with Gasteiger partial charge in [-0.25, -0.2) is 10.4 Å². The standard InChI is InChI=1S/C28H24BrN3O3S/c1-34-26-14-7-21(16-23(26)19-36-27-4-2-3-15-30-27)17-31-32-28(33)22-8-5-20(6-9-22)18-35-25-12-10-24(29)11-13-25/h2-17H,18-19H2,1H3,(H,32,33). The summed E-state index contributed by atoms with van der Waals surface area (Å²) in [4.78, 5) is 16.8. The van der Waals surface area contributed by atoms with E-state index in [0.29, 0.717) is 17.9 Å². The third-order valence-corrected chi connectivity index (χ3v) is 6.65. The molecule has 0 unspecified atom stereocenters. The Morgan fingerprint density at radius 1 is 1.06 bits per heavy atom. The molecule has 0 fully saturated rings. The molecule has 1 N–H and O–H groups in total. The smallest absolute Gasteiger partial charge is 0.271 e. The maximum atomic E-state index is 12.5. The summed E-state index contributed by atoms with van der Waals surface area (Å²) in [5.74, 6) is 1.99. The average Bonchev–Trinajstić information content (AvgIpc) is 2.92. The van der Waals surface area contributed by atoms with Crippen molar-refractivity contribution in [2.45, 2.75) is 17.4 Å². The Kier molecular flexibility index (Phi) is 9.13. The van der Waals surface area contributed by atoms with Crippen molar-refractivity contribution in [2.75, 3.05) is 7.11 Å². The summed E-state index contributed by atoms with van der Waals surface area (Å²) in [5.41, 5.74) is 5.94. The molecule has 182 valence electrons. The van der Waals surface area contributed by atoms with Gasteiger partial charge in [-0.3, -0.25) is 4.79 Å². The molecular weight excluding hydrogens is 538 g/mol. The first-order valence-corrected chi connectivity index (χ1v) is 12.9. The molecule has 1 amide bonds. The van der Waals surface area contributed by atoms with Crippen LogP contribution in [0.15, 0.2) is 106 Å². The molecule has 3 aromatic carbocycles. The number of thioether (sulfide) groups is 1. The number of hydrazone groups is 1. The fraction of sp³-hybridized carbons (Fsp3) is 0.107. The van der Waals surface area contributed by atoms with E-state index < -0.39 is 0 Å². The van der Waals surface area contributed by atoms with Crippen molar-refractivity contribution in [2.24, 2.45) is 5.10 Å². The van der Waals surface area contributed by atoms with Crippen molar-refractivity contribution < 1.29 is 14.3 Å². The minimum Gasteiger partial charge on any atom is -0.496 e. The second-order valence-electron chi connectivity index (χ2n) is 7.67. The number of benzene rings is 3. The highest BCUT2D eigenvalue weighted by molar-refractivity contribution is 9.10. The number of pyridine rings is 1. The molecule has 0 saturated carbocycles. The fourth-order valence-corrected chi connectivity index (χ4v) is 4.36. The number of amides is 1. The maximum Gasteiger partial charge on any atom is 0.271 e. The van der Waals surface area contributed by atoms with E-state index in [2.05, 4.69) is 31.4 Å². The van der Waals surface area contributed by atoms with Gasteiger partial charge in [0.25, 0.3) is 5.91 Å². The Balaban J connectivity index is 1.31. The minimum atomic E-state index is -0.286. The Morgan fingerprint density at radius 2 is 1.86 bits per heavy atom. The van der Waals surface area contributed by atoms with Gasteiger partial charge in [0.1, 0.15) is 18.1 Å². The van der Waals surface area contributed by atoms with Crippen LogP contribution in [0.2, 0.25) is 0 Å². The molecule has 6 nitrogen and oxygen atoms in total. The molecule has 1 heterocycles. The number of nitrogens with one attached hydrogen (secondary N) is 1. The number of carbonyl (C=O) groups excluding carboxylic acids is 1. The topological polar surface area (TPSA) is 72.8 Å². The van der Waals surface area contributed by atoms with E-state index in [1.54, 1.807) is 43.4 Å². The molecule has 0 saturated heterocycles. The SMILES string of the molecule is COc1ccc(C=NNC(=O)c2ccc(COc3ccc(Br)cc3)cc2)cc1CSc1ccccn1. The predicted octanol–water partition coefficient (Wildman–Crippen LogP) is 6.49. The van der Waals surface area contributed by atoms with Gasteiger partial charge in [0.2, 0.25) is 0 Å². The fourth-order valence-electron chi connectivity index (χ4n) is 3.26. The van der Waals surface area contributed by atoms with Gasteiger partial charge in [0.05, 0.1) is 18.4 Å². The van der Waals surface area contributed by atoms with Gasteiger partial charge in [0, 0.05) is 27.5 Å². The molecule has 0 aliphatic rings. The third-order valence-electron chi connectivity index (χ3n) is 5.13. The first-order valence-electron chi connectivity index (χ1n) is 11.1. The molecule has 1 aromatic heterocycles. The number of methoxy groups -OCH3 is 1. The highest BCUT2D eigenvalue weighted by atomic mass is 79.9. The summed E-state index contributed by atoms with van der Waals surface area (Å²) in [6.07, 6.45) is 3.39. The zero-order chi connectivity index (χ0) is 25.2. The average molecular weight is 562 g/mol. The van der Waals surface area contributed by atoms with Gasteiger partial charge in [0.15, 0.2) is 0 Å². The van der Waals surface area contributed by atoms with Crippen molar-refractivity contribution in [3.63, 3.8) is 0 Å². The highest BCUT2D eigenvalue weighted by Crippen LogP contribution is 2.27. The second-order valence-corrected chi connectivity index (χ2v) is 9.58. The van der Waals surface area contributed by atoms with Crippen molar-refractivity contribution in [3.05, 3.63) is 118 Å². The van der Waals surface area contributed by atoms with Crippen LogP contribution in [0.1, 0.15) is 27.0 Å². The summed E-state index contributed by atoms with van der Waals surface area (Å²) in [6.45, 7) is 0.417. The van der Waals surface area contributed by atoms with E-state index in [0.717, 1.165) is 37.7 Å². The molecule has 0 radical (unpaired) electrons. The number of hydrogen-bond acceptors (Lipinski definition) is 6. The summed E-state index contributed by atoms with van der Waals surface area (Å²) in [6, 6.07) is 26.5. The van der Waals surface area contributed by atoms with Crippen LogP contribution in [-0.2, 0) is 12.4 Å². The molecule has 0 aliphatic heterocycles. The van der Waals surface area contributed by atoms with Gasteiger partial charge in [-0.15, -0.1) is 11.8 Å². The number of halogens is 1. The lowest BCUT2D eigenvalue weighted by molar-refractivity contribution is 0.0955. The lowest BCUT2D eigenvalue weighted by Crippen LogP contribution is -2.17. The van der Waals surface area contributed by atoms with E-state index >= 15 is 0 Å². The third kappa shape index (κ3) is 7.44. The van der Waals surface area contributed by atoms with Crippen LogP contribution in [0.4, 0.5) is 0 Å². The predicted molar refractivity (Wildman–Crippen MR) is 147 cm³/mol. The van der Waals surface area contributed by atoms with E-state index in [1.807, 2.05) is 72.8 Å². The summed E-state index contributed by atoms with van der Waals surface area (Å²) in [7, 11) is 1.65. The quantitative estimate of drug-likeness (QED) is 0.136. The van der Waals surface area contributed by atoms with E-state index in [4.69, 9.17) is 9.47 Å². The zero-order valence-corrected chi connectivity index (χ0v) is 22.0. The van der Waals surface area contributed by atoms with Crippen LogP contribution in [-0.4, -0.2) is 24.2 Å². The Hall–Kier alpha value is -3.62. The molecule has 8 heteroatoms.